The summed E-state index contributed by atoms with van der Waals surface area (Å²) in [7, 11) is 0. The predicted octanol–water partition coefficient (Wildman–Crippen LogP) is 3.77. The predicted molar refractivity (Wildman–Crippen MR) is 102 cm³/mol. The molecule has 9 heteroatoms. The van der Waals surface area contributed by atoms with Gasteiger partial charge in [0.15, 0.2) is 16.1 Å². The molecule has 0 atom stereocenters. The van der Waals surface area contributed by atoms with Crippen molar-refractivity contribution >= 4 is 34.1 Å². The minimum atomic E-state index is -0.313. The summed E-state index contributed by atoms with van der Waals surface area (Å²) in [4.78, 5) is 16.3. The molecule has 134 valence electrons. The fraction of sp³-hybridized carbons (Fsp3) is 0.176. The van der Waals surface area contributed by atoms with Gasteiger partial charge in [0.1, 0.15) is 5.82 Å². The summed E-state index contributed by atoms with van der Waals surface area (Å²) in [5.41, 5.74) is 1.61. The lowest BCUT2D eigenvalue weighted by Gasteiger charge is -2.07. The quantitative estimate of drug-likeness (QED) is 0.492. The number of allylic oxidation sites excluding steroid dienone is 1. The van der Waals surface area contributed by atoms with E-state index >= 15 is 0 Å². The zero-order valence-corrected chi connectivity index (χ0v) is 15.6. The minimum absolute atomic E-state index is 0.166. The molecule has 0 saturated heterocycles. The first-order valence-electron chi connectivity index (χ1n) is 7.71. The topological polar surface area (TPSA) is 72.7 Å². The second-order valence-corrected chi connectivity index (χ2v) is 7.14. The molecule has 3 aromatic rings. The number of rotatable bonds is 7. The molecule has 0 spiro atoms. The minimum Gasteiger partial charge on any atom is -0.301 e. The molecule has 26 heavy (non-hydrogen) atoms. The number of nitrogens with one attached hydrogen (secondary N) is 1. The summed E-state index contributed by atoms with van der Waals surface area (Å²) in [6.45, 7) is 6.10. The molecule has 1 aromatic carbocycles. The van der Waals surface area contributed by atoms with Crippen LogP contribution in [0.1, 0.15) is 5.69 Å². The van der Waals surface area contributed by atoms with Gasteiger partial charge in [-0.2, -0.15) is 0 Å². The Morgan fingerprint density at radius 1 is 1.38 bits per heavy atom. The van der Waals surface area contributed by atoms with Crippen molar-refractivity contribution in [2.45, 2.75) is 18.6 Å². The third kappa shape index (κ3) is 4.36. The third-order valence-corrected chi connectivity index (χ3v) is 5.17. The number of hydrogen-bond acceptors (Lipinski definition) is 6. The lowest BCUT2D eigenvalue weighted by Crippen LogP contribution is -2.14. The van der Waals surface area contributed by atoms with Gasteiger partial charge < -0.3 is 5.32 Å². The number of anilines is 1. The van der Waals surface area contributed by atoms with Crippen molar-refractivity contribution in [1.82, 2.24) is 19.7 Å². The van der Waals surface area contributed by atoms with Crippen molar-refractivity contribution < 1.29 is 9.18 Å². The Balaban J connectivity index is 1.72. The second kappa shape index (κ2) is 8.24. The number of hydrogen-bond donors (Lipinski definition) is 1. The number of nitrogens with zero attached hydrogens (tertiary/aromatic N) is 4. The van der Waals surface area contributed by atoms with Crippen LogP contribution in [0, 0.1) is 12.7 Å². The van der Waals surface area contributed by atoms with Gasteiger partial charge >= 0.3 is 0 Å². The van der Waals surface area contributed by atoms with Crippen LogP contribution >= 0.6 is 23.1 Å². The van der Waals surface area contributed by atoms with Crippen LogP contribution in [0.25, 0.3) is 11.4 Å². The van der Waals surface area contributed by atoms with Crippen LogP contribution < -0.4 is 5.32 Å². The first-order valence-corrected chi connectivity index (χ1v) is 9.58. The van der Waals surface area contributed by atoms with E-state index in [9.17, 15) is 9.18 Å². The maximum absolute atomic E-state index is 13.1. The van der Waals surface area contributed by atoms with E-state index in [1.807, 2.05) is 16.9 Å². The molecule has 0 unspecified atom stereocenters. The van der Waals surface area contributed by atoms with Crippen LogP contribution in [-0.4, -0.2) is 31.4 Å². The molecule has 0 radical (unpaired) electrons. The molecular weight excluding hydrogens is 373 g/mol. The molecule has 1 N–H and O–H groups in total. The van der Waals surface area contributed by atoms with Crippen LogP contribution in [0.15, 0.2) is 47.5 Å². The smallest absolute Gasteiger partial charge is 0.236 e. The molecular formula is C17H16FN5OS2. The van der Waals surface area contributed by atoms with E-state index in [2.05, 4.69) is 27.1 Å². The molecule has 1 amide bonds. The number of aryl methyl sites for hydroxylation is 1. The highest BCUT2D eigenvalue weighted by Crippen LogP contribution is 2.24. The SMILES string of the molecule is C=CCn1c(SCC(=O)Nc2nc(C)cs2)nnc1-c1ccc(F)cc1. The van der Waals surface area contributed by atoms with Crippen molar-refractivity contribution in [3.05, 3.63) is 53.8 Å². The van der Waals surface area contributed by atoms with Crippen molar-refractivity contribution in [3.63, 3.8) is 0 Å². The molecule has 0 bridgehead atoms. The van der Waals surface area contributed by atoms with Crippen molar-refractivity contribution in [2.24, 2.45) is 0 Å². The highest BCUT2D eigenvalue weighted by atomic mass is 32.2. The summed E-state index contributed by atoms with van der Waals surface area (Å²) in [5, 5.41) is 14.1. The summed E-state index contributed by atoms with van der Waals surface area (Å²) in [6, 6.07) is 6.03. The van der Waals surface area contributed by atoms with E-state index in [0.717, 1.165) is 11.3 Å². The summed E-state index contributed by atoms with van der Waals surface area (Å²) < 4.78 is 15.0. The van der Waals surface area contributed by atoms with E-state index in [-0.39, 0.29) is 17.5 Å². The number of halogens is 1. The van der Waals surface area contributed by atoms with E-state index in [0.29, 0.717) is 22.7 Å². The van der Waals surface area contributed by atoms with Crippen LogP contribution in [0.5, 0.6) is 0 Å². The van der Waals surface area contributed by atoms with Gasteiger partial charge in [0.2, 0.25) is 5.91 Å². The lowest BCUT2D eigenvalue weighted by molar-refractivity contribution is -0.113. The van der Waals surface area contributed by atoms with Crippen molar-refractivity contribution in [3.8, 4) is 11.4 Å². The number of aromatic nitrogens is 4. The van der Waals surface area contributed by atoms with Gasteiger partial charge in [-0.25, -0.2) is 9.37 Å². The first kappa shape index (κ1) is 18.3. The Morgan fingerprint density at radius 2 is 2.15 bits per heavy atom. The van der Waals surface area contributed by atoms with Crippen LogP contribution in [-0.2, 0) is 11.3 Å². The van der Waals surface area contributed by atoms with Crippen molar-refractivity contribution in [2.75, 3.05) is 11.1 Å². The van der Waals surface area contributed by atoms with Gasteiger partial charge in [0.25, 0.3) is 0 Å². The average Bonchev–Trinajstić information content (AvgIpc) is 3.20. The Bertz CT molecular complexity index is 920. The lowest BCUT2D eigenvalue weighted by atomic mass is 10.2. The molecule has 2 aromatic heterocycles. The van der Waals surface area contributed by atoms with Crippen LogP contribution in [0.3, 0.4) is 0 Å². The Kier molecular flexibility index (Phi) is 5.79. The highest BCUT2D eigenvalue weighted by molar-refractivity contribution is 7.99. The number of thioether (sulfide) groups is 1. The van der Waals surface area contributed by atoms with Gasteiger partial charge in [-0.05, 0) is 31.2 Å². The molecule has 0 saturated carbocycles. The molecule has 2 heterocycles. The summed E-state index contributed by atoms with van der Waals surface area (Å²) >= 11 is 2.66. The number of carbonyl (C=O) groups excluding carboxylic acids is 1. The molecule has 0 aliphatic rings. The third-order valence-electron chi connectivity index (χ3n) is 3.33. The number of carbonyl (C=O) groups is 1. The van der Waals surface area contributed by atoms with Crippen LogP contribution in [0.2, 0.25) is 0 Å². The summed E-state index contributed by atoms with van der Waals surface area (Å²) in [6.07, 6.45) is 1.72. The zero-order valence-electron chi connectivity index (χ0n) is 14.0. The number of thiazole rings is 1. The van der Waals surface area contributed by atoms with Crippen LogP contribution in [0.4, 0.5) is 9.52 Å². The van der Waals surface area contributed by atoms with Crippen molar-refractivity contribution in [1.29, 1.82) is 0 Å². The van der Waals surface area contributed by atoms with E-state index < -0.39 is 0 Å². The van der Waals surface area contributed by atoms with E-state index in [1.165, 1.54) is 35.2 Å². The molecule has 0 fully saturated rings. The zero-order chi connectivity index (χ0) is 18.5. The van der Waals surface area contributed by atoms with Gasteiger partial charge in [0.05, 0.1) is 11.4 Å². The fourth-order valence-corrected chi connectivity index (χ4v) is 3.65. The van der Waals surface area contributed by atoms with Gasteiger partial charge in [-0.1, -0.05) is 17.8 Å². The molecule has 6 nitrogen and oxygen atoms in total. The molecule has 3 rings (SSSR count). The maximum atomic E-state index is 13.1. The van der Waals surface area contributed by atoms with Gasteiger partial charge in [-0.3, -0.25) is 9.36 Å². The maximum Gasteiger partial charge on any atom is 0.236 e. The van der Waals surface area contributed by atoms with Gasteiger partial charge in [0, 0.05) is 17.5 Å². The second-order valence-electron chi connectivity index (χ2n) is 5.34. The Hall–Kier alpha value is -2.52. The fourth-order valence-electron chi connectivity index (χ4n) is 2.20. The standard InChI is InChI=1S/C17H16FN5OS2/c1-3-8-23-15(12-4-6-13(18)7-5-12)21-22-17(23)26-10-14(24)20-16-19-11(2)9-25-16/h3-7,9H,1,8,10H2,2H3,(H,19,20,24). The number of amides is 1. The molecule has 0 aliphatic heterocycles. The highest BCUT2D eigenvalue weighted by Gasteiger charge is 2.15. The van der Waals surface area contributed by atoms with E-state index in [4.69, 9.17) is 0 Å². The Labute approximate surface area is 158 Å². The number of benzene rings is 1. The molecule has 0 aliphatic carbocycles. The first-order chi connectivity index (χ1) is 12.6. The monoisotopic (exact) mass is 389 g/mol. The largest absolute Gasteiger partial charge is 0.301 e. The normalized spacial score (nSPS) is 10.7. The summed E-state index contributed by atoms with van der Waals surface area (Å²) in [5.74, 6) is 0.300. The Morgan fingerprint density at radius 3 is 2.81 bits per heavy atom. The van der Waals surface area contributed by atoms with Gasteiger partial charge in [-0.15, -0.1) is 28.1 Å². The van der Waals surface area contributed by atoms with E-state index in [1.54, 1.807) is 18.2 Å². The average molecular weight is 389 g/mol.